The Labute approximate surface area is 193 Å². The van der Waals surface area contributed by atoms with Gasteiger partial charge in [0.15, 0.2) is 0 Å². The maximum absolute atomic E-state index is 11.8. The van der Waals surface area contributed by atoms with Gasteiger partial charge in [0.25, 0.3) is 0 Å². The van der Waals surface area contributed by atoms with Gasteiger partial charge in [-0.1, -0.05) is 86.6 Å². The van der Waals surface area contributed by atoms with E-state index in [1.165, 1.54) is 0 Å². The van der Waals surface area contributed by atoms with Crippen LogP contribution in [0.25, 0.3) is 32.7 Å². The monoisotopic (exact) mass is 434 g/mol. The van der Waals surface area contributed by atoms with Gasteiger partial charge >= 0.3 is 0 Å². The lowest BCUT2D eigenvalue weighted by Crippen LogP contribution is -2.10. The molecule has 3 nitrogen and oxygen atoms in total. The Morgan fingerprint density at radius 1 is 0.545 bits per heavy atom. The van der Waals surface area contributed by atoms with Crippen LogP contribution in [0.15, 0.2) is 91.0 Å². The summed E-state index contributed by atoms with van der Waals surface area (Å²) in [5.74, 6) is 0.335. The smallest absolute Gasteiger partial charge is 0.128 e. The fraction of sp³-hybridized carbons (Fsp3) is 0.133. The van der Waals surface area contributed by atoms with Gasteiger partial charge in [-0.25, -0.2) is 0 Å². The van der Waals surface area contributed by atoms with Crippen LogP contribution in [0.1, 0.15) is 30.9 Å². The van der Waals surface area contributed by atoms with Crippen LogP contribution in [0.3, 0.4) is 0 Å². The molecule has 0 spiro atoms. The predicted octanol–water partition coefficient (Wildman–Crippen LogP) is 7.56. The van der Waals surface area contributed by atoms with Gasteiger partial charge in [0.2, 0.25) is 0 Å². The first-order valence-corrected chi connectivity index (χ1v) is 11.2. The summed E-state index contributed by atoms with van der Waals surface area (Å²) in [6.45, 7) is 4.17. The van der Waals surface area contributed by atoms with Crippen LogP contribution in [0.2, 0.25) is 0 Å². The topological polar surface area (TPSA) is 60.7 Å². The third-order valence-electron chi connectivity index (χ3n) is 6.48. The Morgan fingerprint density at radius 2 is 1.15 bits per heavy atom. The number of hydrogen-bond acceptors (Lipinski definition) is 3. The fourth-order valence-corrected chi connectivity index (χ4v) is 5.01. The van der Waals surface area contributed by atoms with E-state index in [-0.39, 0.29) is 29.1 Å². The van der Waals surface area contributed by atoms with E-state index in [0.29, 0.717) is 11.1 Å². The summed E-state index contributed by atoms with van der Waals surface area (Å²) in [5.41, 5.74) is 2.72. The molecule has 0 radical (unpaired) electrons. The lowest BCUT2D eigenvalue weighted by molar-refractivity contribution is 0.436. The zero-order chi connectivity index (χ0) is 23.1. The molecule has 5 aromatic rings. The van der Waals surface area contributed by atoms with Crippen molar-refractivity contribution < 1.29 is 15.3 Å². The minimum atomic E-state index is -0.230. The second-order valence-electron chi connectivity index (χ2n) is 8.87. The highest BCUT2D eigenvalue weighted by molar-refractivity contribution is 6.10. The van der Waals surface area contributed by atoms with E-state index in [1.807, 2.05) is 72.8 Å². The van der Waals surface area contributed by atoms with Crippen LogP contribution in [-0.4, -0.2) is 15.3 Å². The molecule has 0 bridgehead atoms. The normalized spacial score (nSPS) is 12.5. The minimum Gasteiger partial charge on any atom is -0.508 e. The fourth-order valence-electron chi connectivity index (χ4n) is 5.01. The van der Waals surface area contributed by atoms with Gasteiger partial charge in [0.05, 0.1) is 0 Å². The van der Waals surface area contributed by atoms with Crippen molar-refractivity contribution in [2.45, 2.75) is 19.8 Å². The summed E-state index contributed by atoms with van der Waals surface area (Å²) in [5, 5.41) is 37.1. The Kier molecular flexibility index (Phi) is 5.18. The summed E-state index contributed by atoms with van der Waals surface area (Å²) >= 11 is 0. The zero-order valence-corrected chi connectivity index (χ0v) is 18.7. The summed E-state index contributed by atoms with van der Waals surface area (Å²) < 4.78 is 0. The molecule has 0 saturated carbocycles. The number of rotatable bonds is 4. The summed E-state index contributed by atoms with van der Waals surface area (Å²) in [4.78, 5) is 0. The molecular weight excluding hydrogens is 408 g/mol. The quantitative estimate of drug-likeness (QED) is 0.273. The summed E-state index contributed by atoms with van der Waals surface area (Å²) in [6.07, 6.45) is 0. The molecule has 1 atom stereocenters. The number of hydrogen-bond donors (Lipinski definition) is 3. The zero-order valence-electron chi connectivity index (χ0n) is 18.7. The molecule has 164 valence electrons. The molecule has 0 saturated heterocycles. The van der Waals surface area contributed by atoms with E-state index in [0.717, 1.165) is 32.7 Å². The average molecular weight is 435 g/mol. The van der Waals surface area contributed by atoms with Gasteiger partial charge in [-0.3, -0.25) is 0 Å². The third kappa shape index (κ3) is 3.46. The van der Waals surface area contributed by atoms with Gasteiger partial charge in [0.1, 0.15) is 17.2 Å². The van der Waals surface area contributed by atoms with Crippen molar-refractivity contribution in [1.29, 1.82) is 0 Å². The molecule has 0 aliphatic carbocycles. The van der Waals surface area contributed by atoms with E-state index in [2.05, 4.69) is 13.8 Å². The molecule has 0 unspecified atom stereocenters. The molecule has 3 N–H and O–H groups in total. The number of phenols is 3. The first kappa shape index (κ1) is 20.9. The molecule has 0 fully saturated rings. The van der Waals surface area contributed by atoms with Crippen molar-refractivity contribution >= 4 is 21.5 Å². The van der Waals surface area contributed by atoms with E-state index in [1.54, 1.807) is 18.2 Å². The number of para-hydroxylation sites is 1. The summed E-state index contributed by atoms with van der Waals surface area (Å²) in [6, 6.07) is 28.6. The molecule has 0 aliphatic rings. The van der Waals surface area contributed by atoms with Crippen LogP contribution >= 0.6 is 0 Å². The lowest BCUT2D eigenvalue weighted by Gasteiger charge is -2.26. The van der Waals surface area contributed by atoms with E-state index < -0.39 is 0 Å². The van der Waals surface area contributed by atoms with Crippen molar-refractivity contribution in [3.05, 3.63) is 102 Å². The molecule has 5 rings (SSSR count). The highest BCUT2D eigenvalue weighted by Crippen LogP contribution is 2.50. The maximum atomic E-state index is 11.8. The highest BCUT2D eigenvalue weighted by atomic mass is 16.3. The molecule has 0 aliphatic heterocycles. The number of phenolic OH excluding ortho intramolecular Hbond substituents is 3. The van der Waals surface area contributed by atoms with Crippen LogP contribution < -0.4 is 0 Å². The lowest BCUT2D eigenvalue weighted by atomic mass is 9.79. The average Bonchev–Trinajstić information content (AvgIpc) is 2.81. The SMILES string of the molecule is CC(C)[C@@H](c1ccccc1O)c1cc2ccccc2c(-c2c(O)ccc3ccccc23)c1O. The standard InChI is InChI=1S/C30H26O3/c1-18(2)27(23-13-7-8-14-25(23)31)24-17-20-10-4-6-12-22(20)29(30(24)33)28-21-11-5-3-9-19(21)15-16-26(28)32/h3-18,27,31-33H,1-2H3/t27-/m0/s1. The number of fused-ring (bicyclic) bond motifs is 2. The molecule has 33 heavy (non-hydrogen) atoms. The van der Waals surface area contributed by atoms with E-state index in [4.69, 9.17) is 0 Å². The molecule has 0 aromatic heterocycles. The molecule has 3 heteroatoms. The van der Waals surface area contributed by atoms with Gasteiger partial charge in [-0.15, -0.1) is 0 Å². The molecule has 0 heterocycles. The van der Waals surface area contributed by atoms with Gasteiger partial charge in [-0.2, -0.15) is 0 Å². The van der Waals surface area contributed by atoms with Crippen LogP contribution in [0.4, 0.5) is 0 Å². The molecule has 0 amide bonds. The summed E-state index contributed by atoms with van der Waals surface area (Å²) in [7, 11) is 0. The molecular formula is C30H26O3. The van der Waals surface area contributed by atoms with Gasteiger partial charge < -0.3 is 15.3 Å². The van der Waals surface area contributed by atoms with Crippen molar-refractivity contribution in [3.8, 4) is 28.4 Å². The van der Waals surface area contributed by atoms with Crippen LogP contribution in [-0.2, 0) is 0 Å². The number of aromatic hydroxyl groups is 3. The third-order valence-corrected chi connectivity index (χ3v) is 6.48. The Hall–Kier alpha value is -3.98. The Balaban J connectivity index is 1.91. The van der Waals surface area contributed by atoms with Crippen LogP contribution in [0.5, 0.6) is 17.2 Å². The van der Waals surface area contributed by atoms with Crippen molar-refractivity contribution in [3.63, 3.8) is 0 Å². The first-order valence-electron chi connectivity index (χ1n) is 11.2. The predicted molar refractivity (Wildman–Crippen MR) is 135 cm³/mol. The van der Waals surface area contributed by atoms with Crippen LogP contribution in [0, 0.1) is 5.92 Å². The van der Waals surface area contributed by atoms with Gasteiger partial charge in [-0.05, 0) is 45.7 Å². The Bertz CT molecular complexity index is 1480. The van der Waals surface area contributed by atoms with Crippen molar-refractivity contribution in [2.24, 2.45) is 5.92 Å². The van der Waals surface area contributed by atoms with Gasteiger partial charge in [0, 0.05) is 28.2 Å². The number of benzene rings is 5. The van der Waals surface area contributed by atoms with E-state index >= 15 is 0 Å². The highest BCUT2D eigenvalue weighted by Gasteiger charge is 2.28. The maximum Gasteiger partial charge on any atom is 0.128 e. The first-order chi connectivity index (χ1) is 16.0. The second-order valence-corrected chi connectivity index (χ2v) is 8.87. The largest absolute Gasteiger partial charge is 0.508 e. The minimum absolute atomic E-state index is 0.110. The van der Waals surface area contributed by atoms with Crippen molar-refractivity contribution in [2.75, 3.05) is 0 Å². The van der Waals surface area contributed by atoms with Crippen molar-refractivity contribution in [1.82, 2.24) is 0 Å². The Morgan fingerprint density at radius 3 is 1.85 bits per heavy atom. The van der Waals surface area contributed by atoms with E-state index in [9.17, 15) is 15.3 Å². The molecule has 5 aromatic carbocycles. The second kappa shape index (κ2) is 8.18.